The molecule has 1 atom stereocenters. The minimum absolute atomic E-state index is 0.176. The third kappa shape index (κ3) is 7.67. The monoisotopic (exact) mass is 656 g/mol. The number of nitrogens with one attached hydrogen (secondary N) is 2. The lowest BCUT2D eigenvalue weighted by atomic mass is 9.94. The standard InChI is InChI=1S/C36H44N6O6/c1-35(2,40-37)22-48-36(3,4)25-11-9-23(10-12-25)24-14-27-18-38-30-17-32(31(46-6)16-29(30)34(45)42(27)19-24)47-13-7-8-33(44)39-26-15-28(21-43)41(5)20-26/h9-12,15-21,27,40H,7-8,13-14,22,37H2,1-6H3,(H,39,44). The number of fused-ring (bicyclic) bond motifs is 2. The Morgan fingerprint density at radius 3 is 2.54 bits per heavy atom. The molecule has 2 amide bonds. The Balaban J connectivity index is 1.22. The van der Waals surface area contributed by atoms with Crippen LogP contribution in [0.1, 0.15) is 78.9 Å². The van der Waals surface area contributed by atoms with Crippen molar-refractivity contribution in [3.8, 4) is 11.5 Å². The molecule has 0 spiro atoms. The zero-order valence-corrected chi connectivity index (χ0v) is 28.3. The molecule has 0 aliphatic carbocycles. The lowest BCUT2D eigenvalue weighted by Gasteiger charge is -2.32. The van der Waals surface area contributed by atoms with Crippen molar-refractivity contribution in [1.82, 2.24) is 14.9 Å². The molecule has 0 radical (unpaired) electrons. The van der Waals surface area contributed by atoms with Gasteiger partial charge in [-0.1, -0.05) is 24.3 Å². The van der Waals surface area contributed by atoms with Gasteiger partial charge in [0.05, 0.1) is 54.6 Å². The molecule has 0 fully saturated rings. The van der Waals surface area contributed by atoms with Gasteiger partial charge < -0.3 is 29.0 Å². The van der Waals surface area contributed by atoms with Gasteiger partial charge in [0.25, 0.3) is 5.91 Å². The van der Waals surface area contributed by atoms with Crippen molar-refractivity contribution in [1.29, 1.82) is 0 Å². The van der Waals surface area contributed by atoms with E-state index >= 15 is 0 Å². The van der Waals surface area contributed by atoms with E-state index in [0.29, 0.717) is 53.6 Å². The van der Waals surface area contributed by atoms with Gasteiger partial charge in [0.1, 0.15) is 0 Å². The number of hydrazine groups is 1. The summed E-state index contributed by atoms with van der Waals surface area (Å²) >= 11 is 0. The molecule has 2 aliphatic heterocycles. The first kappa shape index (κ1) is 34.6. The van der Waals surface area contributed by atoms with E-state index in [2.05, 4.69) is 40.0 Å². The number of nitrogens with zero attached hydrogens (tertiary/aromatic N) is 3. The zero-order valence-electron chi connectivity index (χ0n) is 28.3. The summed E-state index contributed by atoms with van der Waals surface area (Å²) in [5, 5.41) is 2.79. The number of aryl methyl sites for hydroxylation is 1. The summed E-state index contributed by atoms with van der Waals surface area (Å²) in [5.41, 5.74) is 6.95. The van der Waals surface area contributed by atoms with Crippen LogP contribution in [0.3, 0.4) is 0 Å². The average molecular weight is 657 g/mol. The number of benzene rings is 2. The fourth-order valence-electron chi connectivity index (χ4n) is 5.55. The number of methoxy groups -OCH3 is 1. The number of hydrogen-bond donors (Lipinski definition) is 3. The van der Waals surface area contributed by atoms with Crippen molar-refractivity contribution in [3.63, 3.8) is 0 Å². The molecule has 0 saturated carbocycles. The maximum atomic E-state index is 13.8. The minimum atomic E-state index is -0.514. The molecule has 254 valence electrons. The predicted octanol–water partition coefficient (Wildman–Crippen LogP) is 5.11. The highest BCUT2D eigenvalue weighted by atomic mass is 16.5. The second-order valence-corrected chi connectivity index (χ2v) is 13.2. The lowest BCUT2D eigenvalue weighted by molar-refractivity contribution is -0.116. The molecule has 2 aliphatic rings. The van der Waals surface area contributed by atoms with E-state index in [-0.39, 0.29) is 36.4 Å². The van der Waals surface area contributed by atoms with Gasteiger partial charge in [0.2, 0.25) is 5.91 Å². The van der Waals surface area contributed by atoms with Gasteiger partial charge in [-0.15, -0.1) is 0 Å². The number of ether oxygens (including phenoxy) is 3. The van der Waals surface area contributed by atoms with Gasteiger partial charge in [-0.25, -0.2) is 0 Å². The third-order valence-corrected chi connectivity index (χ3v) is 8.60. The number of anilines is 1. The summed E-state index contributed by atoms with van der Waals surface area (Å²) < 4.78 is 19.4. The molecule has 1 unspecified atom stereocenters. The number of aromatic nitrogens is 1. The number of nitrogens with two attached hydrogens (primary N) is 1. The number of aliphatic imine (C=N–C) groups is 1. The van der Waals surface area contributed by atoms with Gasteiger partial charge in [-0.3, -0.25) is 30.6 Å². The third-order valence-electron chi connectivity index (χ3n) is 8.60. The largest absolute Gasteiger partial charge is 0.493 e. The van der Waals surface area contributed by atoms with Crippen LogP contribution in [0.5, 0.6) is 11.5 Å². The maximum absolute atomic E-state index is 13.8. The van der Waals surface area contributed by atoms with Gasteiger partial charge >= 0.3 is 0 Å². The highest BCUT2D eigenvalue weighted by Crippen LogP contribution is 2.40. The Hall–Kier alpha value is -4.78. The normalized spacial score (nSPS) is 15.8. The molecule has 12 nitrogen and oxygen atoms in total. The van der Waals surface area contributed by atoms with E-state index in [1.54, 1.807) is 47.1 Å². The van der Waals surface area contributed by atoms with Crippen molar-refractivity contribution >= 4 is 41.3 Å². The van der Waals surface area contributed by atoms with E-state index in [9.17, 15) is 14.4 Å². The van der Waals surface area contributed by atoms with Crippen LogP contribution < -0.4 is 26.1 Å². The second kappa shape index (κ2) is 14.1. The molecule has 5 rings (SSSR count). The first-order valence-electron chi connectivity index (χ1n) is 15.9. The molecule has 12 heteroatoms. The maximum Gasteiger partial charge on any atom is 0.260 e. The van der Waals surface area contributed by atoms with Crippen LogP contribution in [0.2, 0.25) is 0 Å². The Morgan fingerprint density at radius 2 is 1.88 bits per heavy atom. The molecule has 3 aromatic rings. The van der Waals surface area contributed by atoms with Gasteiger partial charge in [-0.2, -0.15) is 0 Å². The summed E-state index contributed by atoms with van der Waals surface area (Å²) in [6, 6.07) is 13.0. The van der Waals surface area contributed by atoms with Crippen molar-refractivity contribution in [3.05, 3.63) is 77.2 Å². The van der Waals surface area contributed by atoms with E-state index < -0.39 is 5.60 Å². The summed E-state index contributed by atoms with van der Waals surface area (Å²) in [6.45, 7) is 8.72. The molecule has 48 heavy (non-hydrogen) atoms. The molecular weight excluding hydrogens is 612 g/mol. The fourth-order valence-corrected chi connectivity index (χ4v) is 5.55. The summed E-state index contributed by atoms with van der Waals surface area (Å²) in [7, 11) is 3.25. The summed E-state index contributed by atoms with van der Waals surface area (Å²) in [6.07, 6.45) is 7.40. The van der Waals surface area contributed by atoms with Crippen LogP contribution in [0.25, 0.3) is 5.57 Å². The number of carbonyl (C=O) groups excluding carboxylic acids is 3. The van der Waals surface area contributed by atoms with Crippen LogP contribution in [-0.2, 0) is 22.2 Å². The predicted molar refractivity (Wildman–Crippen MR) is 185 cm³/mol. The topological polar surface area (TPSA) is 150 Å². The van der Waals surface area contributed by atoms with Crippen LogP contribution in [0.4, 0.5) is 11.4 Å². The second-order valence-electron chi connectivity index (χ2n) is 13.2. The van der Waals surface area contributed by atoms with Crippen molar-refractivity contribution < 1.29 is 28.6 Å². The van der Waals surface area contributed by atoms with Crippen LogP contribution >= 0.6 is 0 Å². The summed E-state index contributed by atoms with van der Waals surface area (Å²) in [4.78, 5) is 43.6. The number of hydrogen-bond acceptors (Lipinski definition) is 9. The fraction of sp³-hybridized carbons (Fsp3) is 0.389. The molecule has 1 aromatic heterocycles. The minimum Gasteiger partial charge on any atom is -0.493 e. The van der Waals surface area contributed by atoms with Gasteiger partial charge in [0, 0.05) is 50.1 Å². The highest BCUT2D eigenvalue weighted by Gasteiger charge is 2.34. The van der Waals surface area contributed by atoms with E-state index in [1.165, 1.54) is 7.11 Å². The van der Waals surface area contributed by atoms with E-state index in [1.807, 2.05) is 33.9 Å². The Labute approximate surface area is 280 Å². The molecule has 4 N–H and O–H groups in total. The van der Waals surface area contributed by atoms with Crippen molar-refractivity contribution in [2.24, 2.45) is 17.9 Å². The van der Waals surface area contributed by atoms with E-state index in [0.717, 1.165) is 23.0 Å². The van der Waals surface area contributed by atoms with Gasteiger partial charge in [-0.05, 0) is 62.9 Å². The first-order valence-corrected chi connectivity index (χ1v) is 15.9. The lowest BCUT2D eigenvalue weighted by Crippen LogP contribution is -2.49. The van der Waals surface area contributed by atoms with Crippen LogP contribution in [0, 0.1) is 0 Å². The Morgan fingerprint density at radius 1 is 1.12 bits per heavy atom. The quantitative estimate of drug-likeness (QED) is 0.0938. The first-order chi connectivity index (χ1) is 22.8. The van der Waals surface area contributed by atoms with Crippen LogP contribution in [-0.4, -0.2) is 65.7 Å². The number of amides is 2. The zero-order chi connectivity index (χ0) is 34.6. The highest BCUT2D eigenvalue weighted by molar-refractivity contribution is 6.05. The molecule has 0 bridgehead atoms. The molecule has 0 saturated heterocycles. The number of carbonyl (C=O) groups is 3. The number of aldehydes is 1. The smallest absolute Gasteiger partial charge is 0.260 e. The average Bonchev–Trinajstić information content (AvgIpc) is 3.63. The number of rotatable bonds is 14. The van der Waals surface area contributed by atoms with Crippen molar-refractivity contribution in [2.75, 3.05) is 25.6 Å². The van der Waals surface area contributed by atoms with Crippen molar-refractivity contribution in [2.45, 2.75) is 64.1 Å². The Kier molecular flexibility index (Phi) is 10.2. The summed E-state index contributed by atoms with van der Waals surface area (Å²) in [5.74, 6) is 6.11. The van der Waals surface area contributed by atoms with Gasteiger partial charge in [0.15, 0.2) is 17.8 Å². The SMILES string of the molecule is COc1cc2c(cc1OCCCC(=O)Nc1cc(C=O)n(C)c1)N=CC1CC(c3ccc(C(C)(C)OCC(C)(C)NN)cc3)=CN1C2=O. The molecule has 3 heterocycles. The van der Waals surface area contributed by atoms with E-state index in [4.69, 9.17) is 20.1 Å². The Bertz CT molecular complexity index is 1740. The molecule has 2 aromatic carbocycles. The van der Waals surface area contributed by atoms with Crippen LogP contribution in [0.15, 0.2) is 59.9 Å². The molecular formula is C36H44N6O6.